The predicted molar refractivity (Wildman–Crippen MR) is 56.1 cm³/mol. The second kappa shape index (κ2) is 3.69. The molecule has 0 aliphatic heterocycles. The maximum absolute atomic E-state index is 11.0. The lowest BCUT2D eigenvalue weighted by molar-refractivity contribution is 0.111. The fraction of sp³-hybridized carbons (Fsp3) is 0.0909. The molecule has 1 N–H and O–H groups in total. The van der Waals surface area contributed by atoms with Crippen LogP contribution >= 0.6 is 0 Å². The van der Waals surface area contributed by atoms with Crippen molar-refractivity contribution < 1.29 is 19.1 Å². The lowest BCUT2D eigenvalue weighted by Crippen LogP contribution is -1.98. The number of rotatable bonds is 2. The highest BCUT2D eigenvalue weighted by atomic mass is 16.5. The molecular weight excluding hydrogens is 212 g/mol. The van der Waals surface area contributed by atoms with Crippen molar-refractivity contribution >= 4 is 17.3 Å². The number of benzene rings is 1. The first-order chi connectivity index (χ1) is 7.67. The van der Waals surface area contributed by atoms with Crippen LogP contribution in [0.2, 0.25) is 0 Å². The Kier molecular flexibility index (Phi) is 2.36. The van der Waals surface area contributed by atoms with E-state index in [0.717, 1.165) is 0 Å². The monoisotopic (exact) mass is 220 g/mol. The van der Waals surface area contributed by atoms with Crippen LogP contribution in [0, 0.1) is 0 Å². The van der Waals surface area contributed by atoms with Crippen molar-refractivity contribution in [3.63, 3.8) is 0 Å². The van der Waals surface area contributed by atoms with Crippen LogP contribution in [-0.2, 0) is 0 Å². The summed E-state index contributed by atoms with van der Waals surface area (Å²) >= 11 is 0. The molecule has 0 amide bonds. The van der Waals surface area contributed by atoms with Gasteiger partial charge in [0, 0.05) is 12.1 Å². The van der Waals surface area contributed by atoms with E-state index < -0.39 is 5.63 Å². The van der Waals surface area contributed by atoms with Gasteiger partial charge in [-0.05, 0) is 6.07 Å². The Bertz CT molecular complexity index is 612. The lowest BCUT2D eigenvalue weighted by atomic mass is 10.1. The highest BCUT2D eigenvalue weighted by molar-refractivity contribution is 5.96. The van der Waals surface area contributed by atoms with E-state index in [4.69, 9.17) is 9.15 Å². The summed E-state index contributed by atoms with van der Waals surface area (Å²) in [6, 6.07) is 3.91. The number of phenolic OH excluding ortho intramolecular Hbond substituents is 1. The molecule has 2 rings (SSSR count). The Morgan fingerprint density at radius 3 is 2.81 bits per heavy atom. The van der Waals surface area contributed by atoms with E-state index in [-0.39, 0.29) is 22.6 Å². The Hall–Kier alpha value is -2.30. The number of fused-ring (bicyclic) bond motifs is 1. The minimum atomic E-state index is -0.534. The third-order valence-corrected chi connectivity index (χ3v) is 2.22. The molecule has 16 heavy (non-hydrogen) atoms. The van der Waals surface area contributed by atoms with Crippen molar-refractivity contribution in [2.75, 3.05) is 7.11 Å². The number of ether oxygens (including phenoxy) is 1. The van der Waals surface area contributed by atoms with Gasteiger partial charge in [-0.15, -0.1) is 0 Å². The molecule has 0 saturated heterocycles. The zero-order valence-corrected chi connectivity index (χ0v) is 8.39. The second-order valence-corrected chi connectivity index (χ2v) is 3.13. The summed E-state index contributed by atoms with van der Waals surface area (Å²) in [5.74, 6) is -0.0950. The first kappa shape index (κ1) is 10.2. The summed E-state index contributed by atoms with van der Waals surface area (Å²) in [6.07, 6.45) is 0.485. The van der Waals surface area contributed by atoms with Crippen molar-refractivity contribution in [2.24, 2.45) is 0 Å². The van der Waals surface area contributed by atoms with E-state index in [1.807, 2.05) is 0 Å². The standard InChI is InChI=1S/C11H8O5/c1-15-11-6-2-3-10(14)16-9(6)4-8(13)7(11)5-12/h2-5,13H,1H3. The van der Waals surface area contributed by atoms with Crippen LogP contribution in [-0.4, -0.2) is 18.5 Å². The normalized spacial score (nSPS) is 10.3. The average Bonchev–Trinajstić information content (AvgIpc) is 2.26. The van der Waals surface area contributed by atoms with Gasteiger partial charge in [-0.2, -0.15) is 0 Å². The van der Waals surface area contributed by atoms with Gasteiger partial charge in [0.1, 0.15) is 17.1 Å². The van der Waals surface area contributed by atoms with Gasteiger partial charge < -0.3 is 14.3 Å². The summed E-state index contributed by atoms with van der Waals surface area (Å²) in [4.78, 5) is 21.8. The van der Waals surface area contributed by atoms with E-state index >= 15 is 0 Å². The molecule has 0 fully saturated rings. The fourth-order valence-corrected chi connectivity index (χ4v) is 1.52. The summed E-state index contributed by atoms with van der Waals surface area (Å²) < 4.78 is 9.89. The summed E-state index contributed by atoms with van der Waals surface area (Å²) in [7, 11) is 1.37. The van der Waals surface area contributed by atoms with Crippen LogP contribution in [0.25, 0.3) is 11.0 Å². The maximum Gasteiger partial charge on any atom is 0.336 e. The molecule has 0 radical (unpaired) electrons. The zero-order valence-electron chi connectivity index (χ0n) is 8.39. The topological polar surface area (TPSA) is 76.7 Å². The highest BCUT2D eigenvalue weighted by Crippen LogP contribution is 2.34. The van der Waals surface area contributed by atoms with E-state index in [0.29, 0.717) is 11.7 Å². The third kappa shape index (κ3) is 1.42. The molecule has 0 saturated carbocycles. The first-order valence-electron chi connectivity index (χ1n) is 4.46. The van der Waals surface area contributed by atoms with Gasteiger partial charge in [0.25, 0.3) is 0 Å². The van der Waals surface area contributed by atoms with E-state index in [2.05, 4.69) is 0 Å². The van der Waals surface area contributed by atoms with Crippen LogP contribution in [0.3, 0.4) is 0 Å². The Balaban J connectivity index is 2.95. The van der Waals surface area contributed by atoms with Crippen LogP contribution in [0.15, 0.2) is 27.4 Å². The average molecular weight is 220 g/mol. The Morgan fingerprint density at radius 1 is 1.44 bits per heavy atom. The van der Waals surface area contributed by atoms with Crippen LogP contribution < -0.4 is 10.4 Å². The molecule has 1 heterocycles. The number of methoxy groups -OCH3 is 1. The van der Waals surface area contributed by atoms with Crippen molar-refractivity contribution in [3.05, 3.63) is 34.2 Å². The van der Waals surface area contributed by atoms with E-state index in [1.54, 1.807) is 0 Å². The van der Waals surface area contributed by atoms with Crippen LogP contribution in [0.1, 0.15) is 10.4 Å². The first-order valence-corrected chi connectivity index (χ1v) is 4.46. The molecule has 2 aromatic rings. The molecule has 0 aliphatic carbocycles. The minimum Gasteiger partial charge on any atom is -0.507 e. The quantitative estimate of drug-likeness (QED) is 0.610. The van der Waals surface area contributed by atoms with Gasteiger partial charge in [0.05, 0.1) is 18.1 Å². The number of carbonyl (C=O) groups excluding carboxylic acids is 1. The molecule has 5 nitrogen and oxygen atoms in total. The molecular formula is C11H8O5. The summed E-state index contributed by atoms with van der Waals surface area (Å²) in [5.41, 5.74) is -0.330. The van der Waals surface area contributed by atoms with Gasteiger partial charge in [0.15, 0.2) is 6.29 Å². The zero-order chi connectivity index (χ0) is 11.7. The van der Waals surface area contributed by atoms with Crippen molar-refractivity contribution in [2.45, 2.75) is 0 Å². The Labute approximate surface area is 89.9 Å². The molecule has 0 aliphatic rings. The number of aromatic hydroxyl groups is 1. The molecule has 0 atom stereocenters. The van der Waals surface area contributed by atoms with E-state index in [1.165, 1.54) is 25.3 Å². The Morgan fingerprint density at radius 2 is 2.19 bits per heavy atom. The molecule has 82 valence electrons. The number of carbonyl (C=O) groups is 1. The summed E-state index contributed by atoms with van der Waals surface area (Å²) in [5, 5.41) is 10.00. The number of hydrogen-bond donors (Lipinski definition) is 1. The van der Waals surface area contributed by atoms with Crippen LogP contribution in [0.5, 0.6) is 11.5 Å². The van der Waals surface area contributed by atoms with Gasteiger partial charge in [-0.3, -0.25) is 4.79 Å². The molecule has 1 aromatic carbocycles. The van der Waals surface area contributed by atoms with Gasteiger partial charge in [0.2, 0.25) is 0 Å². The van der Waals surface area contributed by atoms with Gasteiger partial charge >= 0.3 is 5.63 Å². The second-order valence-electron chi connectivity index (χ2n) is 3.13. The molecule has 0 bridgehead atoms. The number of hydrogen-bond acceptors (Lipinski definition) is 5. The minimum absolute atomic E-state index is 0.0313. The third-order valence-electron chi connectivity index (χ3n) is 2.22. The summed E-state index contributed by atoms with van der Waals surface area (Å²) in [6.45, 7) is 0. The molecule has 0 unspecified atom stereocenters. The van der Waals surface area contributed by atoms with Gasteiger partial charge in [-0.1, -0.05) is 0 Å². The van der Waals surface area contributed by atoms with Crippen molar-refractivity contribution in [3.8, 4) is 11.5 Å². The predicted octanol–water partition coefficient (Wildman–Crippen LogP) is 1.32. The van der Waals surface area contributed by atoms with Crippen molar-refractivity contribution in [1.82, 2.24) is 0 Å². The molecule has 5 heteroatoms. The number of aldehydes is 1. The largest absolute Gasteiger partial charge is 0.507 e. The number of phenols is 1. The highest BCUT2D eigenvalue weighted by Gasteiger charge is 2.14. The SMILES string of the molecule is COc1c(C=O)c(O)cc2oc(=O)ccc12. The van der Waals surface area contributed by atoms with Crippen molar-refractivity contribution in [1.29, 1.82) is 0 Å². The molecule has 1 aromatic heterocycles. The molecule has 0 spiro atoms. The van der Waals surface area contributed by atoms with Crippen LogP contribution in [0.4, 0.5) is 0 Å². The maximum atomic E-state index is 11.0. The lowest BCUT2D eigenvalue weighted by Gasteiger charge is -2.08. The smallest absolute Gasteiger partial charge is 0.336 e. The van der Waals surface area contributed by atoms with E-state index in [9.17, 15) is 14.7 Å². The van der Waals surface area contributed by atoms with Gasteiger partial charge in [-0.25, -0.2) is 4.79 Å². The fourth-order valence-electron chi connectivity index (χ4n) is 1.52.